The first kappa shape index (κ1) is 17.5. The van der Waals surface area contributed by atoms with Gasteiger partial charge in [-0.25, -0.2) is 0 Å². The Morgan fingerprint density at radius 1 is 1.27 bits per heavy atom. The van der Waals surface area contributed by atoms with E-state index in [1.165, 1.54) is 5.56 Å². The molecule has 0 N–H and O–H groups in total. The molecule has 1 aromatic carbocycles. The number of hydrogen-bond acceptors (Lipinski definition) is 2. The van der Waals surface area contributed by atoms with Gasteiger partial charge in [-0.05, 0) is 30.1 Å². The molecule has 1 heterocycles. The van der Waals surface area contributed by atoms with Gasteiger partial charge in [0, 0.05) is 19.1 Å². The summed E-state index contributed by atoms with van der Waals surface area (Å²) < 4.78 is 6.61. The zero-order valence-corrected chi connectivity index (χ0v) is 15.8. The van der Waals surface area contributed by atoms with Crippen LogP contribution in [0.25, 0.3) is 0 Å². The Kier molecular flexibility index (Phi) is 5.31. The van der Waals surface area contributed by atoms with E-state index >= 15 is 0 Å². The van der Waals surface area contributed by atoms with Gasteiger partial charge in [-0.1, -0.05) is 57.2 Å². The molecular formula is C19H31NOSi. The molecule has 0 saturated carbocycles. The van der Waals surface area contributed by atoms with Crippen molar-refractivity contribution in [2.24, 2.45) is 0 Å². The van der Waals surface area contributed by atoms with Gasteiger partial charge in [-0.3, -0.25) is 4.90 Å². The van der Waals surface area contributed by atoms with Crippen molar-refractivity contribution in [1.82, 2.24) is 4.90 Å². The molecule has 0 bridgehead atoms. The quantitative estimate of drug-likeness (QED) is 0.569. The molecule has 0 amide bonds. The average Bonchev–Trinajstić information content (AvgIpc) is 2.79. The lowest BCUT2D eigenvalue weighted by atomic mass is 10.2. The van der Waals surface area contributed by atoms with Gasteiger partial charge in [-0.2, -0.15) is 0 Å². The molecule has 1 fully saturated rings. The molecule has 0 aromatic heterocycles. The van der Waals surface area contributed by atoms with E-state index in [-0.39, 0.29) is 5.04 Å². The second kappa shape index (κ2) is 6.69. The molecule has 2 nitrogen and oxygen atoms in total. The Hall–Kier alpha value is -0.903. The Bertz CT molecular complexity index is 492. The molecule has 22 heavy (non-hydrogen) atoms. The van der Waals surface area contributed by atoms with E-state index in [1.54, 1.807) is 0 Å². The molecule has 2 rings (SSSR count). The first-order valence-electron chi connectivity index (χ1n) is 8.31. The third-order valence-electron chi connectivity index (χ3n) is 5.18. The molecule has 0 aliphatic carbocycles. The molecule has 1 aliphatic rings. The van der Waals surface area contributed by atoms with Crippen molar-refractivity contribution in [3.8, 4) is 0 Å². The Labute approximate surface area is 137 Å². The highest BCUT2D eigenvalue weighted by molar-refractivity contribution is 6.74. The van der Waals surface area contributed by atoms with E-state index in [9.17, 15) is 0 Å². The maximum Gasteiger partial charge on any atom is 0.192 e. The van der Waals surface area contributed by atoms with Crippen LogP contribution in [0.4, 0.5) is 0 Å². The predicted molar refractivity (Wildman–Crippen MR) is 97.5 cm³/mol. The highest BCUT2D eigenvalue weighted by Crippen LogP contribution is 2.39. The van der Waals surface area contributed by atoms with Crippen molar-refractivity contribution in [1.29, 1.82) is 0 Å². The minimum atomic E-state index is -1.69. The molecule has 1 saturated heterocycles. The van der Waals surface area contributed by atoms with Crippen LogP contribution in [-0.4, -0.2) is 31.9 Å². The lowest BCUT2D eigenvalue weighted by molar-refractivity contribution is 0.178. The van der Waals surface area contributed by atoms with Crippen LogP contribution >= 0.6 is 0 Å². The molecular weight excluding hydrogens is 286 g/mol. The largest absolute Gasteiger partial charge is 0.413 e. The Morgan fingerprint density at radius 3 is 2.45 bits per heavy atom. The number of rotatable bonds is 5. The lowest BCUT2D eigenvalue weighted by Gasteiger charge is -2.38. The smallest absolute Gasteiger partial charge is 0.192 e. The fourth-order valence-corrected chi connectivity index (χ4v) is 4.17. The third kappa shape index (κ3) is 4.09. The topological polar surface area (TPSA) is 12.5 Å². The highest BCUT2D eigenvalue weighted by atomic mass is 28.4. The number of hydrogen-bond donors (Lipinski definition) is 0. The van der Waals surface area contributed by atoms with Crippen LogP contribution in [0.15, 0.2) is 43.0 Å². The molecule has 122 valence electrons. The monoisotopic (exact) mass is 317 g/mol. The van der Waals surface area contributed by atoms with Gasteiger partial charge in [-0.15, -0.1) is 6.58 Å². The van der Waals surface area contributed by atoms with Crippen molar-refractivity contribution < 1.29 is 4.43 Å². The van der Waals surface area contributed by atoms with Gasteiger partial charge in [0.1, 0.15) is 0 Å². The van der Waals surface area contributed by atoms with E-state index < -0.39 is 8.32 Å². The van der Waals surface area contributed by atoms with Crippen molar-refractivity contribution in [3.63, 3.8) is 0 Å². The molecule has 0 unspecified atom stereocenters. The molecule has 1 aliphatic heterocycles. The zero-order chi connectivity index (χ0) is 16.4. The summed E-state index contributed by atoms with van der Waals surface area (Å²) in [7, 11) is -1.69. The van der Waals surface area contributed by atoms with Gasteiger partial charge in [0.25, 0.3) is 0 Å². The minimum absolute atomic E-state index is 0.267. The Balaban J connectivity index is 2.02. The third-order valence-corrected chi connectivity index (χ3v) is 9.71. The van der Waals surface area contributed by atoms with Gasteiger partial charge in [0.2, 0.25) is 0 Å². The van der Waals surface area contributed by atoms with Crippen molar-refractivity contribution in [3.05, 3.63) is 48.6 Å². The van der Waals surface area contributed by atoms with E-state index in [2.05, 4.69) is 81.8 Å². The molecule has 1 aromatic rings. The standard InChI is InChI=1S/C19H31NOSi/c1-7-17-13-18(21-22(5,6)19(2,3)4)15-20(17)14-16-11-9-8-10-12-16/h7-12,17-18H,1,13-15H2,2-6H3/t17-,18+/m0/s1. The van der Waals surface area contributed by atoms with E-state index in [0.29, 0.717) is 12.1 Å². The van der Waals surface area contributed by atoms with Gasteiger partial charge in [0.15, 0.2) is 8.32 Å². The van der Waals surface area contributed by atoms with Crippen molar-refractivity contribution >= 4 is 8.32 Å². The fourth-order valence-electron chi connectivity index (χ4n) is 2.81. The molecule has 2 atom stereocenters. The molecule has 3 heteroatoms. The first-order chi connectivity index (χ1) is 10.2. The SMILES string of the molecule is C=C[C@H]1C[C@@H](O[Si](C)(C)C(C)(C)C)CN1Cc1ccccc1. The summed E-state index contributed by atoms with van der Waals surface area (Å²) >= 11 is 0. The normalized spacial score (nSPS) is 23.7. The van der Waals surface area contributed by atoms with Crippen molar-refractivity contribution in [2.45, 2.75) is 64.0 Å². The van der Waals surface area contributed by atoms with E-state index in [1.807, 2.05) is 0 Å². The van der Waals surface area contributed by atoms with E-state index in [4.69, 9.17) is 4.43 Å². The summed E-state index contributed by atoms with van der Waals surface area (Å²) in [4.78, 5) is 2.50. The maximum absolute atomic E-state index is 6.61. The van der Waals surface area contributed by atoms with Gasteiger partial charge < -0.3 is 4.43 Å². The van der Waals surface area contributed by atoms with Crippen LogP contribution in [0, 0.1) is 0 Å². The number of likely N-dealkylation sites (tertiary alicyclic amines) is 1. The molecule has 0 spiro atoms. The summed E-state index contributed by atoms with van der Waals surface area (Å²) in [5.74, 6) is 0. The van der Waals surface area contributed by atoms with E-state index in [0.717, 1.165) is 19.5 Å². The van der Waals surface area contributed by atoms with Crippen LogP contribution in [-0.2, 0) is 11.0 Å². The van der Waals surface area contributed by atoms with Crippen LogP contribution < -0.4 is 0 Å². The maximum atomic E-state index is 6.61. The van der Waals surface area contributed by atoms with Crippen LogP contribution in [0.5, 0.6) is 0 Å². The minimum Gasteiger partial charge on any atom is -0.413 e. The van der Waals surface area contributed by atoms with Crippen LogP contribution in [0.3, 0.4) is 0 Å². The van der Waals surface area contributed by atoms with Gasteiger partial charge >= 0.3 is 0 Å². The second-order valence-electron chi connectivity index (χ2n) is 7.95. The van der Waals surface area contributed by atoms with Crippen LogP contribution in [0.1, 0.15) is 32.8 Å². The van der Waals surface area contributed by atoms with Crippen molar-refractivity contribution in [2.75, 3.05) is 6.54 Å². The first-order valence-corrected chi connectivity index (χ1v) is 11.2. The lowest BCUT2D eigenvalue weighted by Crippen LogP contribution is -2.44. The average molecular weight is 318 g/mol. The summed E-state index contributed by atoms with van der Waals surface area (Å²) in [5.41, 5.74) is 1.36. The summed E-state index contributed by atoms with van der Waals surface area (Å²) in [5, 5.41) is 0.267. The fraction of sp³-hybridized carbons (Fsp3) is 0.579. The van der Waals surface area contributed by atoms with Crippen LogP contribution in [0.2, 0.25) is 18.1 Å². The summed E-state index contributed by atoms with van der Waals surface area (Å²) in [6, 6.07) is 11.1. The Morgan fingerprint density at radius 2 is 1.91 bits per heavy atom. The predicted octanol–water partition coefficient (Wildman–Crippen LogP) is 4.84. The summed E-state index contributed by atoms with van der Waals surface area (Å²) in [6.07, 6.45) is 3.49. The zero-order valence-electron chi connectivity index (χ0n) is 14.8. The summed E-state index contributed by atoms with van der Waals surface area (Å²) in [6.45, 7) is 17.6. The van der Waals surface area contributed by atoms with Gasteiger partial charge in [0.05, 0.1) is 6.10 Å². The highest BCUT2D eigenvalue weighted by Gasteiger charge is 2.41. The number of benzene rings is 1. The second-order valence-corrected chi connectivity index (χ2v) is 12.7. The number of nitrogens with zero attached hydrogens (tertiary/aromatic N) is 1. The molecule has 0 radical (unpaired) electrons.